The molecule has 0 saturated carbocycles. The van der Waals surface area contributed by atoms with Gasteiger partial charge in [-0.25, -0.2) is 4.39 Å². The number of nitrogens with zero attached hydrogens (tertiary/aromatic N) is 2. The first kappa shape index (κ1) is 15.9. The number of ether oxygens (including phenoxy) is 1. The zero-order chi connectivity index (χ0) is 15.1. The van der Waals surface area contributed by atoms with Gasteiger partial charge in [0.25, 0.3) is 0 Å². The van der Waals surface area contributed by atoms with Crippen LogP contribution >= 0.6 is 11.8 Å². The third-order valence-corrected chi connectivity index (χ3v) is 4.00. The molecule has 1 aliphatic rings. The fourth-order valence-corrected chi connectivity index (χ4v) is 2.77. The lowest BCUT2D eigenvalue weighted by Crippen LogP contribution is -2.43. The van der Waals surface area contributed by atoms with Crippen molar-refractivity contribution in [2.75, 3.05) is 37.7 Å². The Labute approximate surface area is 128 Å². The van der Waals surface area contributed by atoms with Crippen molar-refractivity contribution >= 4 is 17.7 Å². The normalized spacial score (nSPS) is 17.6. The molecule has 0 aromatic heterocycles. The highest BCUT2D eigenvalue weighted by Crippen LogP contribution is 2.11. The summed E-state index contributed by atoms with van der Waals surface area (Å²) in [7, 11) is 0. The SMILES string of the molecule is NC(=NCC(O)COc1ccc(F)cc1)N1CCSCC1. The lowest BCUT2D eigenvalue weighted by molar-refractivity contribution is 0.114. The van der Waals surface area contributed by atoms with Crippen LogP contribution in [0.4, 0.5) is 4.39 Å². The molecule has 1 aliphatic heterocycles. The molecule has 2 rings (SSSR count). The number of benzene rings is 1. The summed E-state index contributed by atoms with van der Waals surface area (Å²) in [6, 6.07) is 5.66. The van der Waals surface area contributed by atoms with Gasteiger partial charge in [-0.1, -0.05) is 0 Å². The topological polar surface area (TPSA) is 71.1 Å². The van der Waals surface area contributed by atoms with Crippen LogP contribution in [0, 0.1) is 5.82 Å². The minimum Gasteiger partial charge on any atom is -0.491 e. The van der Waals surface area contributed by atoms with Crippen molar-refractivity contribution in [1.29, 1.82) is 0 Å². The van der Waals surface area contributed by atoms with Gasteiger partial charge in [0.1, 0.15) is 24.3 Å². The second kappa shape index (κ2) is 8.09. The van der Waals surface area contributed by atoms with E-state index >= 15 is 0 Å². The van der Waals surface area contributed by atoms with Crippen molar-refractivity contribution < 1.29 is 14.2 Å². The molecule has 1 aromatic rings. The molecule has 1 saturated heterocycles. The van der Waals surface area contributed by atoms with Crippen molar-refractivity contribution in [3.8, 4) is 5.75 Å². The molecule has 0 amide bonds. The van der Waals surface area contributed by atoms with E-state index in [1.54, 1.807) is 0 Å². The van der Waals surface area contributed by atoms with Crippen molar-refractivity contribution in [3.05, 3.63) is 30.1 Å². The molecule has 1 unspecified atom stereocenters. The Hall–Kier alpha value is -1.47. The number of aliphatic imine (C=N–C) groups is 1. The van der Waals surface area contributed by atoms with E-state index in [0.717, 1.165) is 24.6 Å². The highest BCUT2D eigenvalue weighted by molar-refractivity contribution is 7.99. The summed E-state index contributed by atoms with van der Waals surface area (Å²) < 4.78 is 18.1. The van der Waals surface area contributed by atoms with Gasteiger partial charge in [-0.15, -0.1) is 0 Å². The highest BCUT2D eigenvalue weighted by atomic mass is 32.2. The van der Waals surface area contributed by atoms with Crippen LogP contribution in [-0.2, 0) is 0 Å². The van der Waals surface area contributed by atoms with E-state index in [0.29, 0.717) is 11.7 Å². The standard InChI is InChI=1S/C14H20FN3O2S/c15-11-1-3-13(4-2-11)20-10-12(19)9-17-14(16)18-5-7-21-8-6-18/h1-4,12,19H,5-10H2,(H2,16,17). The molecule has 116 valence electrons. The second-order valence-electron chi connectivity index (χ2n) is 4.72. The summed E-state index contributed by atoms with van der Waals surface area (Å²) in [5, 5.41) is 9.83. The molecule has 21 heavy (non-hydrogen) atoms. The van der Waals surface area contributed by atoms with Crippen LogP contribution in [0.5, 0.6) is 5.75 Å². The Bertz CT molecular complexity index is 464. The number of aliphatic hydroxyl groups excluding tert-OH is 1. The summed E-state index contributed by atoms with van der Waals surface area (Å²) in [5.41, 5.74) is 5.89. The molecule has 0 bridgehead atoms. The molecular weight excluding hydrogens is 293 g/mol. The molecule has 3 N–H and O–H groups in total. The van der Waals surface area contributed by atoms with Crippen LogP contribution < -0.4 is 10.5 Å². The molecule has 1 heterocycles. The first-order valence-corrected chi connectivity index (χ1v) is 7.99. The molecule has 0 radical (unpaired) electrons. The largest absolute Gasteiger partial charge is 0.491 e. The Morgan fingerprint density at radius 2 is 2.05 bits per heavy atom. The second-order valence-corrected chi connectivity index (χ2v) is 5.94. The number of thioether (sulfide) groups is 1. The number of halogens is 1. The monoisotopic (exact) mass is 313 g/mol. The smallest absolute Gasteiger partial charge is 0.191 e. The third kappa shape index (κ3) is 5.43. The van der Waals surface area contributed by atoms with Gasteiger partial charge in [0.15, 0.2) is 5.96 Å². The van der Waals surface area contributed by atoms with Gasteiger partial charge in [-0.05, 0) is 24.3 Å². The van der Waals surface area contributed by atoms with Crippen molar-refractivity contribution in [3.63, 3.8) is 0 Å². The van der Waals surface area contributed by atoms with Gasteiger partial charge >= 0.3 is 0 Å². The van der Waals surface area contributed by atoms with E-state index in [4.69, 9.17) is 10.5 Å². The molecule has 0 aliphatic carbocycles. The van der Waals surface area contributed by atoms with Crippen molar-refractivity contribution in [2.45, 2.75) is 6.10 Å². The molecule has 1 fully saturated rings. The zero-order valence-electron chi connectivity index (χ0n) is 11.7. The number of hydrogen-bond acceptors (Lipinski definition) is 4. The Balaban J connectivity index is 1.73. The summed E-state index contributed by atoms with van der Waals surface area (Å²) in [5.74, 6) is 2.76. The summed E-state index contributed by atoms with van der Waals surface area (Å²) in [4.78, 5) is 6.21. The third-order valence-electron chi connectivity index (χ3n) is 3.06. The van der Waals surface area contributed by atoms with Gasteiger partial charge in [-0.2, -0.15) is 11.8 Å². The van der Waals surface area contributed by atoms with E-state index in [1.807, 2.05) is 16.7 Å². The van der Waals surface area contributed by atoms with E-state index in [9.17, 15) is 9.50 Å². The molecule has 5 nitrogen and oxygen atoms in total. The quantitative estimate of drug-likeness (QED) is 0.625. The summed E-state index contributed by atoms with van der Waals surface area (Å²) >= 11 is 1.90. The lowest BCUT2D eigenvalue weighted by Gasteiger charge is -2.27. The van der Waals surface area contributed by atoms with Gasteiger partial charge in [0.05, 0.1) is 6.54 Å². The molecule has 1 atom stereocenters. The number of hydrogen-bond donors (Lipinski definition) is 2. The van der Waals surface area contributed by atoms with Crippen molar-refractivity contribution in [1.82, 2.24) is 4.90 Å². The Morgan fingerprint density at radius 3 is 2.71 bits per heavy atom. The van der Waals surface area contributed by atoms with Gasteiger partial charge < -0.3 is 20.5 Å². The predicted molar refractivity (Wildman–Crippen MR) is 83.3 cm³/mol. The van der Waals surface area contributed by atoms with E-state index in [-0.39, 0.29) is 19.0 Å². The minimum atomic E-state index is -0.743. The van der Waals surface area contributed by atoms with Crippen LogP contribution in [0.15, 0.2) is 29.3 Å². The van der Waals surface area contributed by atoms with Crippen LogP contribution in [0.25, 0.3) is 0 Å². The van der Waals surface area contributed by atoms with Crippen molar-refractivity contribution in [2.24, 2.45) is 10.7 Å². The average molecular weight is 313 g/mol. The van der Waals surface area contributed by atoms with Crippen LogP contribution in [0.1, 0.15) is 0 Å². The summed E-state index contributed by atoms with van der Waals surface area (Å²) in [6.45, 7) is 2.07. The zero-order valence-corrected chi connectivity index (χ0v) is 12.6. The van der Waals surface area contributed by atoms with E-state index in [1.165, 1.54) is 24.3 Å². The first-order valence-electron chi connectivity index (χ1n) is 6.84. The highest BCUT2D eigenvalue weighted by Gasteiger charge is 2.13. The number of aliphatic hydroxyl groups is 1. The van der Waals surface area contributed by atoms with Crippen LogP contribution in [0.2, 0.25) is 0 Å². The fraction of sp³-hybridized carbons (Fsp3) is 0.500. The Morgan fingerprint density at radius 1 is 1.38 bits per heavy atom. The average Bonchev–Trinajstić information content (AvgIpc) is 2.53. The molecule has 1 aromatic carbocycles. The predicted octanol–water partition coefficient (Wildman–Crippen LogP) is 0.929. The lowest BCUT2D eigenvalue weighted by atomic mass is 10.3. The van der Waals surface area contributed by atoms with Crippen LogP contribution in [0.3, 0.4) is 0 Å². The molecule has 0 spiro atoms. The van der Waals surface area contributed by atoms with Crippen LogP contribution in [-0.4, -0.2) is 59.8 Å². The maximum Gasteiger partial charge on any atom is 0.191 e. The number of rotatable bonds is 5. The van der Waals surface area contributed by atoms with Gasteiger partial charge in [0, 0.05) is 24.6 Å². The molecule has 7 heteroatoms. The fourth-order valence-electron chi connectivity index (χ4n) is 1.87. The number of nitrogens with two attached hydrogens (primary N) is 1. The van der Waals surface area contributed by atoms with Gasteiger partial charge in [0.2, 0.25) is 0 Å². The van der Waals surface area contributed by atoms with Gasteiger partial charge in [-0.3, -0.25) is 4.99 Å². The number of guanidine groups is 1. The maximum atomic E-state index is 12.7. The Kier molecular flexibility index (Phi) is 6.13. The van der Waals surface area contributed by atoms with E-state index in [2.05, 4.69) is 4.99 Å². The first-order chi connectivity index (χ1) is 10.1. The maximum absolute atomic E-state index is 12.7. The minimum absolute atomic E-state index is 0.0955. The molecular formula is C14H20FN3O2S. The summed E-state index contributed by atoms with van der Waals surface area (Å²) in [6.07, 6.45) is -0.743. The van der Waals surface area contributed by atoms with E-state index < -0.39 is 6.10 Å².